The summed E-state index contributed by atoms with van der Waals surface area (Å²) in [7, 11) is 1.55. The third kappa shape index (κ3) is 5.83. The van der Waals surface area contributed by atoms with E-state index in [2.05, 4.69) is 17.6 Å². The predicted molar refractivity (Wildman–Crippen MR) is 146 cm³/mol. The molecule has 0 radical (unpaired) electrons. The quantitative estimate of drug-likeness (QED) is 0.227. The first-order valence-electron chi connectivity index (χ1n) is 13.1. The molecule has 0 bridgehead atoms. The summed E-state index contributed by atoms with van der Waals surface area (Å²) in [4.78, 5) is 25.3. The number of carbonyl (C=O) groups excluding carboxylic acids is 2. The Kier molecular flexibility index (Phi) is 7.92. The first-order valence-corrected chi connectivity index (χ1v) is 13.1. The Morgan fingerprint density at radius 2 is 1.61 bits per heavy atom. The Bertz CT molecular complexity index is 1300. The van der Waals surface area contributed by atoms with Gasteiger partial charge in [0.25, 0.3) is 11.8 Å². The van der Waals surface area contributed by atoms with E-state index < -0.39 is 11.8 Å². The van der Waals surface area contributed by atoms with Crippen molar-refractivity contribution in [2.75, 3.05) is 25.3 Å². The van der Waals surface area contributed by atoms with Gasteiger partial charge in [-0.1, -0.05) is 55.7 Å². The molecule has 1 saturated carbocycles. The molecule has 1 heterocycles. The lowest BCUT2D eigenvalue weighted by molar-refractivity contribution is -0.117. The number of methoxy groups -OCH3 is 1. The Balaban J connectivity index is 1.17. The van der Waals surface area contributed by atoms with Crippen LogP contribution in [0.1, 0.15) is 49.1 Å². The summed E-state index contributed by atoms with van der Waals surface area (Å²) in [5.41, 5.74) is 5.30. The van der Waals surface area contributed by atoms with Crippen LogP contribution in [0.25, 0.3) is 6.08 Å². The summed E-state index contributed by atoms with van der Waals surface area (Å²) in [5, 5.41) is 1.24. The molecule has 2 aliphatic rings. The lowest BCUT2D eigenvalue weighted by Crippen LogP contribution is -2.35. The molecule has 3 aromatic rings. The number of hydrazine groups is 1. The molecule has 2 fully saturated rings. The summed E-state index contributed by atoms with van der Waals surface area (Å²) in [6.07, 6.45) is 8.11. The Hall–Kier alpha value is -4.26. The van der Waals surface area contributed by atoms with Crippen LogP contribution in [-0.2, 0) is 9.59 Å². The van der Waals surface area contributed by atoms with Crippen LogP contribution < -0.4 is 24.6 Å². The van der Waals surface area contributed by atoms with Gasteiger partial charge in [-0.15, -0.1) is 0 Å². The number of benzene rings is 3. The third-order valence-corrected chi connectivity index (χ3v) is 6.97. The van der Waals surface area contributed by atoms with E-state index in [0.717, 1.165) is 5.75 Å². The molecule has 1 N–H and O–H groups in total. The van der Waals surface area contributed by atoms with Crippen molar-refractivity contribution in [3.63, 3.8) is 0 Å². The van der Waals surface area contributed by atoms with E-state index in [1.807, 2.05) is 18.2 Å². The fraction of sp³-hybridized carbons (Fsp3) is 0.290. The Morgan fingerprint density at radius 3 is 2.34 bits per heavy atom. The first-order chi connectivity index (χ1) is 18.6. The topological polar surface area (TPSA) is 77.1 Å². The van der Waals surface area contributed by atoms with Gasteiger partial charge in [0.2, 0.25) is 0 Å². The number of amides is 2. The highest BCUT2D eigenvalue weighted by atomic mass is 16.5. The molecule has 0 aromatic heterocycles. The highest BCUT2D eigenvalue weighted by molar-refractivity contribution is 6.31. The molecule has 7 nitrogen and oxygen atoms in total. The summed E-state index contributed by atoms with van der Waals surface area (Å²) in [6.45, 7) is 0.732. The van der Waals surface area contributed by atoms with Gasteiger partial charge in [-0.05, 0) is 72.4 Å². The standard InChI is InChI=1S/C31H32N2O5/c1-36-29-21-22(20-27-30(34)32-33(31(27)35)25-10-6-3-7-11-25)12-17-28(29)38-19-18-37-26-15-13-24(14-16-26)23-8-4-2-5-9-23/h3,6-7,10-17,20-21,23H,2,4-5,8-9,18-19H2,1H3,(H,32,34). The maximum atomic E-state index is 12.8. The largest absolute Gasteiger partial charge is 0.493 e. The molecule has 3 aromatic carbocycles. The molecule has 1 aliphatic carbocycles. The number of rotatable bonds is 9. The minimum absolute atomic E-state index is 0.0486. The molecule has 7 heteroatoms. The summed E-state index contributed by atoms with van der Waals surface area (Å²) < 4.78 is 17.2. The normalized spacial score (nSPS) is 17.0. The molecule has 38 heavy (non-hydrogen) atoms. The third-order valence-electron chi connectivity index (χ3n) is 6.97. The molecule has 196 valence electrons. The van der Waals surface area contributed by atoms with E-state index in [1.54, 1.807) is 55.7 Å². The van der Waals surface area contributed by atoms with Crippen molar-refractivity contribution < 1.29 is 23.8 Å². The number of anilines is 1. The maximum Gasteiger partial charge on any atom is 0.282 e. The van der Waals surface area contributed by atoms with Gasteiger partial charge in [-0.25, -0.2) is 5.01 Å². The number of nitrogens with one attached hydrogen (secondary N) is 1. The summed E-state index contributed by atoms with van der Waals surface area (Å²) in [5.74, 6) is 1.69. The van der Waals surface area contributed by atoms with Gasteiger partial charge >= 0.3 is 0 Å². The SMILES string of the molecule is COc1cc(C=C2C(=O)NN(c3ccccc3)C2=O)ccc1OCCOc1ccc(C2CCCCC2)cc1. The number of hydrogen-bond donors (Lipinski definition) is 1. The van der Waals surface area contributed by atoms with Crippen LogP contribution in [0.3, 0.4) is 0 Å². The zero-order valence-corrected chi connectivity index (χ0v) is 21.5. The van der Waals surface area contributed by atoms with Gasteiger partial charge in [0, 0.05) is 0 Å². The molecule has 1 saturated heterocycles. The van der Waals surface area contributed by atoms with Crippen molar-refractivity contribution in [3.8, 4) is 17.2 Å². The zero-order chi connectivity index (χ0) is 26.3. The number of carbonyl (C=O) groups is 2. The van der Waals surface area contributed by atoms with E-state index in [4.69, 9.17) is 14.2 Å². The summed E-state index contributed by atoms with van der Waals surface area (Å²) >= 11 is 0. The van der Waals surface area contributed by atoms with Crippen LogP contribution in [-0.4, -0.2) is 32.1 Å². The van der Waals surface area contributed by atoms with Gasteiger partial charge in [-0.2, -0.15) is 0 Å². The maximum absolute atomic E-state index is 12.8. The second kappa shape index (κ2) is 11.9. The number of hydrogen-bond acceptors (Lipinski definition) is 5. The van der Waals surface area contributed by atoms with Crippen molar-refractivity contribution in [1.29, 1.82) is 0 Å². The lowest BCUT2D eigenvalue weighted by atomic mass is 9.84. The lowest BCUT2D eigenvalue weighted by Gasteiger charge is -2.22. The minimum atomic E-state index is -0.456. The van der Waals surface area contributed by atoms with E-state index in [1.165, 1.54) is 42.7 Å². The monoisotopic (exact) mass is 512 g/mol. The van der Waals surface area contributed by atoms with Crippen molar-refractivity contribution in [2.45, 2.75) is 38.0 Å². The molecule has 0 unspecified atom stereocenters. The van der Waals surface area contributed by atoms with Gasteiger partial charge in [0.15, 0.2) is 11.5 Å². The average molecular weight is 513 g/mol. The van der Waals surface area contributed by atoms with Gasteiger partial charge < -0.3 is 14.2 Å². The number of ether oxygens (including phenoxy) is 3. The van der Waals surface area contributed by atoms with Gasteiger partial charge in [0.05, 0.1) is 12.8 Å². The Morgan fingerprint density at radius 1 is 0.868 bits per heavy atom. The second-order valence-corrected chi connectivity index (χ2v) is 9.49. The summed E-state index contributed by atoms with van der Waals surface area (Å²) in [6, 6.07) is 22.7. The van der Waals surface area contributed by atoms with Crippen molar-refractivity contribution in [2.24, 2.45) is 0 Å². The van der Waals surface area contributed by atoms with Crippen molar-refractivity contribution in [3.05, 3.63) is 89.5 Å². The molecule has 0 atom stereocenters. The van der Waals surface area contributed by atoms with Crippen molar-refractivity contribution in [1.82, 2.24) is 5.43 Å². The molecule has 1 aliphatic heterocycles. The van der Waals surface area contributed by atoms with E-state index >= 15 is 0 Å². The van der Waals surface area contributed by atoms with E-state index in [0.29, 0.717) is 41.9 Å². The second-order valence-electron chi connectivity index (χ2n) is 9.49. The molecular weight excluding hydrogens is 480 g/mol. The minimum Gasteiger partial charge on any atom is -0.493 e. The number of nitrogens with zero attached hydrogens (tertiary/aromatic N) is 1. The molecular formula is C31H32N2O5. The molecule has 0 spiro atoms. The smallest absolute Gasteiger partial charge is 0.282 e. The zero-order valence-electron chi connectivity index (χ0n) is 21.5. The van der Waals surface area contributed by atoms with E-state index in [9.17, 15) is 9.59 Å². The van der Waals surface area contributed by atoms with Crippen LogP contribution >= 0.6 is 0 Å². The first kappa shape index (κ1) is 25.4. The predicted octanol–water partition coefficient (Wildman–Crippen LogP) is 5.66. The van der Waals surface area contributed by atoms with E-state index in [-0.39, 0.29) is 5.57 Å². The molecule has 5 rings (SSSR count). The molecule has 2 amide bonds. The van der Waals surface area contributed by atoms with Crippen molar-refractivity contribution >= 4 is 23.6 Å². The van der Waals surface area contributed by atoms with Crippen LogP contribution in [0.15, 0.2) is 78.4 Å². The Labute approximate surface area is 223 Å². The highest BCUT2D eigenvalue weighted by Gasteiger charge is 2.34. The number of para-hydroxylation sites is 1. The average Bonchev–Trinajstić information content (AvgIpc) is 3.25. The fourth-order valence-corrected chi connectivity index (χ4v) is 4.96. The fourth-order valence-electron chi connectivity index (χ4n) is 4.96. The van der Waals surface area contributed by atoms with Gasteiger partial charge in [-0.3, -0.25) is 15.0 Å². The van der Waals surface area contributed by atoms with Gasteiger partial charge in [0.1, 0.15) is 24.5 Å². The van der Waals surface area contributed by atoms with Crippen LogP contribution in [0.5, 0.6) is 17.2 Å². The van der Waals surface area contributed by atoms with Crippen LogP contribution in [0.2, 0.25) is 0 Å². The van der Waals surface area contributed by atoms with Crippen LogP contribution in [0, 0.1) is 0 Å². The van der Waals surface area contributed by atoms with Crippen LogP contribution in [0.4, 0.5) is 5.69 Å². The highest BCUT2D eigenvalue weighted by Crippen LogP contribution is 2.33.